The Morgan fingerprint density at radius 2 is 1.83 bits per heavy atom. The molecule has 3 rings (SSSR count). The molecule has 0 saturated heterocycles. The summed E-state index contributed by atoms with van der Waals surface area (Å²) in [5.74, 6) is 0.417. The Labute approximate surface area is 133 Å². The van der Waals surface area contributed by atoms with E-state index < -0.39 is 0 Å². The van der Waals surface area contributed by atoms with Gasteiger partial charge >= 0.3 is 0 Å². The standard InChI is InChI=1S/C18H17FN2O2/c1-11-18(13(3)23-20-11)15-6-9-17(22)21(10-15)12(2)14-4-7-16(19)8-5-14/h4-10,12H,1-3H3/t12-/m1/s1. The van der Waals surface area contributed by atoms with Gasteiger partial charge in [0, 0.05) is 23.4 Å². The van der Waals surface area contributed by atoms with E-state index in [0.29, 0.717) is 5.76 Å². The Hall–Kier alpha value is -2.69. The van der Waals surface area contributed by atoms with Crippen molar-refractivity contribution in [2.24, 2.45) is 0 Å². The molecule has 0 bridgehead atoms. The minimum atomic E-state index is -0.294. The fourth-order valence-corrected chi connectivity index (χ4v) is 2.75. The molecule has 2 aromatic heterocycles. The van der Waals surface area contributed by atoms with Gasteiger partial charge in [-0.15, -0.1) is 0 Å². The van der Waals surface area contributed by atoms with Crippen LogP contribution in [0, 0.1) is 19.7 Å². The molecular formula is C18H17FN2O2. The van der Waals surface area contributed by atoms with Gasteiger partial charge in [-0.1, -0.05) is 17.3 Å². The zero-order valence-electron chi connectivity index (χ0n) is 13.2. The van der Waals surface area contributed by atoms with E-state index in [1.807, 2.05) is 20.8 Å². The van der Waals surface area contributed by atoms with Crippen LogP contribution in [0.5, 0.6) is 0 Å². The molecule has 0 unspecified atom stereocenters. The monoisotopic (exact) mass is 312 g/mol. The number of hydrogen-bond donors (Lipinski definition) is 0. The number of aryl methyl sites for hydroxylation is 2. The second-order valence-corrected chi connectivity index (χ2v) is 5.59. The topological polar surface area (TPSA) is 48.0 Å². The summed E-state index contributed by atoms with van der Waals surface area (Å²) in [4.78, 5) is 12.2. The number of halogens is 1. The van der Waals surface area contributed by atoms with Gasteiger partial charge in [0.05, 0.1) is 11.7 Å². The number of hydrogen-bond acceptors (Lipinski definition) is 3. The van der Waals surface area contributed by atoms with Crippen molar-refractivity contribution in [2.45, 2.75) is 26.8 Å². The highest BCUT2D eigenvalue weighted by atomic mass is 19.1. The van der Waals surface area contributed by atoms with E-state index in [9.17, 15) is 9.18 Å². The SMILES string of the molecule is Cc1noc(C)c1-c1ccc(=O)n([C@H](C)c2ccc(F)cc2)c1. The van der Waals surface area contributed by atoms with E-state index in [2.05, 4.69) is 5.16 Å². The molecule has 0 amide bonds. The third kappa shape index (κ3) is 2.82. The average molecular weight is 312 g/mol. The molecule has 2 heterocycles. The van der Waals surface area contributed by atoms with E-state index in [1.165, 1.54) is 18.2 Å². The molecule has 0 aliphatic heterocycles. The van der Waals surface area contributed by atoms with Crippen LogP contribution in [0.25, 0.3) is 11.1 Å². The predicted molar refractivity (Wildman–Crippen MR) is 85.9 cm³/mol. The Balaban J connectivity index is 2.08. The van der Waals surface area contributed by atoms with Crippen molar-refractivity contribution in [1.82, 2.24) is 9.72 Å². The molecule has 0 saturated carbocycles. The van der Waals surface area contributed by atoms with Crippen molar-refractivity contribution in [3.05, 3.63) is 75.8 Å². The molecular weight excluding hydrogens is 295 g/mol. The first-order chi connectivity index (χ1) is 11.0. The first-order valence-electron chi connectivity index (χ1n) is 7.38. The Bertz CT molecular complexity index is 875. The summed E-state index contributed by atoms with van der Waals surface area (Å²) < 4.78 is 19.9. The number of nitrogens with zero attached hydrogens (tertiary/aromatic N) is 2. The third-order valence-electron chi connectivity index (χ3n) is 4.03. The van der Waals surface area contributed by atoms with Gasteiger partial charge < -0.3 is 9.09 Å². The average Bonchev–Trinajstić information content (AvgIpc) is 2.87. The second kappa shape index (κ2) is 5.83. The van der Waals surface area contributed by atoms with Crippen LogP contribution in [0.1, 0.15) is 30.0 Å². The zero-order valence-corrected chi connectivity index (χ0v) is 13.2. The van der Waals surface area contributed by atoms with Gasteiger partial charge in [-0.05, 0) is 44.5 Å². The molecule has 0 N–H and O–H groups in total. The summed E-state index contributed by atoms with van der Waals surface area (Å²) in [5.41, 5.74) is 3.30. The molecule has 118 valence electrons. The lowest BCUT2D eigenvalue weighted by molar-refractivity contribution is 0.393. The molecule has 5 heteroatoms. The summed E-state index contributed by atoms with van der Waals surface area (Å²) >= 11 is 0. The Morgan fingerprint density at radius 1 is 1.13 bits per heavy atom. The molecule has 0 aliphatic rings. The molecule has 0 spiro atoms. The van der Waals surface area contributed by atoms with Gasteiger partial charge in [-0.3, -0.25) is 4.79 Å². The highest BCUT2D eigenvalue weighted by Gasteiger charge is 2.15. The van der Waals surface area contributed by atoms with E-state index in [1.54, 1.807) is 29.0 Å². The largest absolute Gasteiger partial charge is 0.361 e. The van der Waals surface area contributed by atoms with Crippen LogP contribution in [-0.4, -0.2) is 9.72 Å². The van der Waals surface area contributed by atoms with Crippen LogP contribution in [0.2, 0.25) is 0 Å². The van der Waals surface area contributed by atoms with Crippen molar-refractivity contribution >= 4 is 0 Å². The molecule has 1 atom stereocenters. The van der Waals surface area contributed by atoms with E-state index in [0.717, 1.165) is 22.4 Å². The van der Waals surface area contributed by atoms with E-state index in [4.69, 9.17) is 4.52 Å². The normalized spacial score (nSPS) is 12.3. The maximum atomic E-state index is 13.1. The lowest BCUT2D eigenvalue weighted by Crippen LogP contribution is -2.22. The lowest BCUT2D eigenvalue weighted by Gasteiger charge is -2.16. The summed E-state index contributed by atoms with van der Waals surface area (Å²) in [6, 6.07) is 9.27. The number of rotatable bonds is 3. The predicted octanol–water partition coefficient (Wildman–Crippen LogP) is 3.87. The molecule has 23 heavy (non-hydrogen) atoms. The van der Waals surface area contributed by atoms with Crippen LogP contribution in [0.4, 0.5) is 4.39 Å². The molecule has 0 fully saturated rings. The lowest BCUT2D eigenvalue weighted by atomic mass is 10.0. The molecule has 0 radical (unpaired) electrons. The summed E-state index contributed by atoms with van der Waals surface area (Å²) in [6.45, 7) is 5.62. The summed E-state index contributed by atoms with van der Waals surface area (Å²) in [5, 5.41) is 3.95. The van der Waals surface area contributed by atoms with Crippen LogP contribution in [0.15, 0.2) is 51.9 Å². The van der Waals surface area contributed by atoms with Crippen molar-refractivity contribution in [1.29, 1.82) is 0 Å². The van der Waals surface area contributed by atoms with Crippen molar-refractivity contribution < 1.29 is 8.91 Å². The van der Waals surface area contributed by atoms with Crippen LogP contribution in [0.3, 0.4) is 0 Å². The smallest absolute Gasteiger partial charge is 0.251 e. The van der Waals surface area contributed by atoms with Crippen molar-refractivity contribution in [3.63, 3.8) is 0 Å². The van der Waals surface area contributed by atoms with Crippen LogP contribution < -0.4 is 5.56 Å². The number of benzene rings is 1. The van der Waals surface area contributed by atoms with Crippen molar-refractivity contribution in [2.75, 3.05) is 0 Å². The molecule has 3 aromatic rings. The second-order valence-electron chi connectivity index (χ2n) is 5.59. The fourth-order valence-electron chi connectivity index (χ4n) is 2.75. The van der Waals surface area contributed by atoms with Gasteiger partial charge in [0.2, 0.25) is 0 Å². The van der Waals surface area contributed by atoms with E-state index in [-0.39, 0.29) is 17.4 Å². The van der Waals surface area contributed by atoms with Gasteiger partial charge in [0.25, 0.3) is 5.56 Å². The highest BCUT2D eigenvalue weighted by molar-refractivity contribution is 5.66. The van der Waals surface area contributed by atoms with Crippen molar-refractivity contribution in [3.8, 4) is 11.1 Å². The Kier molecular flexibility index (Phi) is 3.86. The number of aromatic nitrogens is 2. The molecule has 0 aliphatic carbocycles. The summed E-state index contributed by atoms with van der Waals surface area (Å²) in [7, 11) is 0. The van der Waals surface area contributed by atoms with E-state index >= 15 is 0 Å². The van der Waals surface area contributed by atoms with Crippen LogP contribution in [-0.2, 0) is 0 Å². The fraction of sp³-hybridized carbons (Fsp3) is 0.222. The molecule has 1 aromatic carbocycles. The van der Waals surface area contributed by atoms with Crippen LogP contribution >= 0.6 is 0 Å². The maximum Gasteiger partial charge on any atom is 0.251 e. The first kappa shape index (κ1) is 15.2. The highest BCUT2D eigenvalue weighted by Crippen LogP contribution is 2.27. The first-order valence-corrected chi connectivity index (χ1v) is 7.38. The van der Waals surface area contributed by atoms with Gasteiger partial charge in [-0.25, -0.2) is 4.39 Å². The minimum Gasteiger partial charge on any atom is -0.361 e. The minimum absolute atomic E-state index is 0.114. The quantitative estimate of drug-likeness (QED) is 0.737. The zero-order chi connectivity index (χ0) is 16.6. The van der Waals surface area contributed by atoms with Gasteiger partial charge in [-0.2, -0.15) is 0 Å². The number of pyridine rings is 1. The molecule has 4 nitrogen and oxygen atoms in total. The maximum absolute atomic E-state index is 13.1. The third-order valence-corrected chi connectivity index (χ3v) is 4.03. The summed E-state index contributed by atoms with van der Waals surface area (Å²) in [6.07, 6.45) is 1.79. The van der Waals surface area contributed by atoms with Gasteiger partial charge in [0.1, 0.15) is 11.6 Å². The van der Waals surface area contributed by atoms with Gasteiger partial charge in [0.15, 0.2) is 0 Å². The Morgan fingerprint density at radius 3 is 2.43 bits per heavy atom.